The third-order valence-electron chi connectivity index (χ3n) is 3.52. The van der Waals surface area contributed by atoms with Crippen molar-refractivity contribution in [2.24, 2.45) is 0 Å². The zero-order valence-electron chi connectivity index (χ0n) is 12.2. The van der Waals surface area contributed by atoms with Gasteiger partial charge in [-0.2, -0.15) is 4.31 Å². The molecule has 1 aromatic rings. The molecule has 0 bridgehead atoms. The average Bonchev–Trinajstić information content (AvgIpc) is 2.37. The van der Waals surface area contributed by atoms with Crippen LogP contribution in [0, 0.1) is 0 Å². The molecule has 1 aliphatic rings. The highest BCUT2D eigenvalue weighted by Gasteiger charge is 2.32. The number of nitrogen functional groups attached to an aromatic ring is 1. The van der Waals surface area contributed by atoms with Crippen LogP contribution in [-0.2, 0) is 21.2 Å². The van der Waals surface area contributed by atoms with Gasteiger partial charge >= 0.3 is 0 Å². The largest absolute Gasteiger partial charge is 0.398 e. The molecule has 1 saturated heterocycles. The minimum Gasteiger partial charge on any atom is -0.398 e. The van der Waals surface area contributed by atoms with E-state index in [1.807, 2.05) is 20.8 Å². The molecule has 0 unspecified atom stereocenters. The first-order valence-electron chi connectivity index (χ1n) is 6.88. The summed E-state index contributed by atoms with van der Waals surface area (Å²) < 4.78 is 32.3. The van der Waals surface area contributed by atoms with E-state index in [4.69, 9.17) is 10.5 Å². The van der Waals surface area contributed by atoms with Crippen LogP contribution in [-0.4, -0.2) is 38.0 Å². The smallest absolute Gasteiger partial charge is 0.243 e. The second-order valence-electron chi connectivity index (χ2n) is 5.29. The van der Waals surface area contributed by atoms with E-state index < -0.39 is 10.0 Å². The molecule has 20 heavy (non-hydrogen) atoms. The van der Waals surface area contributed by atoms with Crippen LogP contribution in [0.15, 0.2) is 23.1 Å². The first-order valence-corrected chi connectivity index (χ1v) is 8.32. The Hall–Kier alpha value is -1.11. The van der Waals surface area contributed by atoms with Gasteiger partial charge in [0.1, 0.15) is 0 Å². The van der Waals surface area contributed by atoms with E-state index in [1.54, 1.807) is 18.2 Å². The summed E-state index contributed by atoms with van der Waals surface area (Å²) in [6.45, 7) is 6.51. The molecule has 1 aliphatic heterocycles. The summed E-state index contributed by atoms with van der Waals surface area (Å²) in [5.41, 5.74) is 7.40. The molecule has 2 rings (SSSR count). The van der Waals surface area contributed by atoms with Gasteiger partial charge in [-0.05, 0) is 38.0 Å². The summed E-state index contributed by atoms with van der Waals surface area (Å²) >= 11 is 0. The predicted octanol–water partition coefficient (Wildman–Crippen LogP) is 1.63. The number of ether oxygens (including phenoxy) is 1. The summed E-state index contributed by atoms with van der Waals surface area (Å²) in [4.78, 5) is 0.258. The molecule has 1 fully saturated rings. The predicted molar refractivity (Wildman–Crippen MR) is 79.0 cm³/mol. The van der Waals surface area contributed by atoms with Crippen LogP contribution in [0.4, 0.5) is 5.69 Å². The third-order valence-corrected chi connectivity index (χ3v) is 5.35. The van der Waals surface area contributed by atoms with Crippen molar-refractivity contribution in [1.29, 1.82) is 0 Å². The van der Waals surface area contributed by atoms with Gasteiger partial charge in [-0.25, -0.2) is 8.42 Å². The normalized spacial score (nSPS) is 24.8. The molecule has 0 aliphatic carbocycles. The molecule has 0 spiro atoms. The maximum atomic E-state index is 12.6. The molecule has 2 atom stereocenters. The number of aryl methyl sites for hydroxylation is 1. The van der Waals surface area contributed by atoms with E-state index in [0.29, 0.717) is 18.8 Å². The highest BCUT2D eigenvalue weighted by molar-refractivity contribution is 7.89. The van der Waals surface area contributed by atoms with Crippen molar-refractivity contribution < 1.29 is 13.2 Å². The molecule has 2 N–H and O–H groups in total. The van der Waals surface area contributed by atoms with Crippen LogP contribution < -0.4 is 5.73 Å². The Morgan fingerprint density at radius 1 is 1.30 bits per heavy atom. The van der Waals surface area contributed by atoms with Crippen molar-refractivity contribution >= 4 is 15.7 Å². The molecule has 1 aromatic carbocycles. The van der Waals surface area contributed by atoms with Crippen LogP contribution in [0.1, 0.15) is 26.3 Å². The Kier molecular flexibility index (Phi) is 4.36. The van der Waals surface area contributed by atoms with Crippen LogP contribution in [0.25, 0.3) is 0 Å². The van der Waals surface area contributed by atoms with Crippen LogP contribution in [0.2, 0.25) is 0 Å². The number of benzene rings is 1. The topological polar surface area (TPSA) is 72.6 Å². The number of sulfonamides is 1. The highest BCUT2D eigenvalue weighted by atomic mass is 32.2. The van der Waals surface area contributed by atoms with Gasteiger partial charge < -0.3 is 10.5 Å². The first-order chi connectivity index (χ1) is 9.34. The Labute approximate surface area is 120 Å². The maximum absolute atomic E-state index is 12.6. The molecule has 1 heterocycles. The highest BCUT2D eigenvalue weighted by Crippen LogP contribution is 2.24. The van der Waals surface area contributed by atoms with E-state index in [0.717, 1.165) is 12.0 Å². The van der Waals surface area contributed by atoms with Crippen molar-refractivity contribution in [3.63, 3.8) is 0 Å². The van der Waals surface area contributed by atoms with Gasteiger partial charge in [-0.1, -0.05) is 13.0 Å². The average molecular weight is 298 g/mol. The van der Waals surface area contributed by atoms with E-state index in [-0.39, 0.29) is 17.1 Å². The maximum Gasteiger partial charge on any atom is 0.243 e. The molecule has 6 heteroatoms. The number of nitrogens with two attached hydrogens (primary N) is 1. The van der Waals surface area contributed by atoms with Gasteiger partial charge in [0, 0.05) is 18.8 Å². The first kappa shape index (κ1) is 15.3. The third kappa shape index (κ3) is 2.97. The molecular formula is C14H22N2O3S. The Balaban J connectivity index is 2.32. The minimum atomic E-state index is -3.50. The summed E-state index contributed by atoms with van der Waals surface area (Å²) in [5.74, 6) is 0. The van der Waals surface area contributed by atoms with Gasteiger partial charge in [-0.3, -0.25) is 0 Å². The quantitative estimate of drug-likeness (QED) is 0.861. The number of hydrogen-bond donors (Lipinski definition) is 1. The van der Waals surface area contributed by atoms with E-state index in [1.165, 1.54) is 4.31 Å². The molecule has 0 saturated carbocycles. The van der Waals surface area contributed by atoms with E-state index >= 15 is 0 Å². The molecule has 0 amide bonds. The van der Waals surface area contributed by atoms with Crippen molar-refractivity contribution in [3.8, 4) is 0 Å². The lowest BCUT2D eigenvalue weighted by molar-refractivity contribution is -0.0440. The number of morpholine rings is 1. The molecule has 5 nitrogen and oxygen atoms in total. The lowest BCUT2D eigenvalue weighted by atomic mass is 10.1. The van der Waals surface area contributed by atoms with Crippen LogP contribution in [0.5, 0.6) is 0 Å². The number of nitrogens with zero attached hydrogens (tertiary/aromatic N) is 1. The summed E-state index contributed by atoms with van der Waals surface area (Å²) in [7, 11) is -3.50. The van der Waals surface area contributed by atoms with Crippen LogP contribution in [0.3, 0.4) is 0 Å². The van der Waals surface area contributed by atoms with Crippen molar-refractivity contribution in [2.45, 2.75) is 44.3 Å². The lowest BCUT2D eigenvalue weighted by Crippen LogP contribution is -2.48. The molecule has 0 radical (unpaired) electrons. The second kappa shape index (κ2) is 5.71. The van der Waals surface area contributed by atoms with E-state index in [2.05, 4.69) is 0 Å². The van der Waals surface area contributed by atoms with Crippen molar-refractivity contribution in [2.75, 3.05) is 18.8 Å². The minimum absolute atomic E-state index is 0.0965. The Morgan fingerprint density at radius 3 is 2.40 bits per heavy atom. The fourth-order valence-corrected chi connectivity index (χ4v) is 4.16. The Bertz CT molecular complexity index is 576. The van der Waals surface area contributed by atoms with Crippen molar-refractivity contribution in [1.82, 2.24) is 4.31 Å². The number of anilines is 1. The zero-order valence-corrected chi connectivity index (χ0v) is 13.0. The van der Waals surface area contributed by atoms with Gasteiger partial charge in [0.15, 0.2) is 0 Å². The fourth-order valence-electron chi connectivity index (χ4n) is 2.53. The summed E-state index contributed by atoms with van der Waals surface area (Å²) in [6.07, 6.45) is 0.596. The Morgan fingerprint density at radius 2 is 1.90 bits per heavy atom. The zero-order chi connectivity index (χ0) is 14.9. The van der Waals surface area contributed by atoms with Gasteiger partial charge in [0.05, 0.1) is 17.1 Å². The van der Waals surface area contributed by atoms with Gasteiger partial charge in [0.25, 0.3) is 0 Å². The molecular weight excluding hydrogens is 276 g/mol. The number of hydrogen-bond acceptors (Lipinski definition) is 4. The van der Waals surface area contributed by atoms with Crippen LogP contribution >= 0.6 is 0 Å². The monoisotopic (exact) mass is 298 g/mol. The standard InChI is InChI=1S/C14H22N2O3S/c1-4-12-5-6-13(7-14(12)15)20(17,18)16-8-10(2)19-11(3)9-16/h5-7,10-11H,4,8-9,15H2,1-3H3/t10-,11+. The van der Waals surface area contributed by atoms with E-state index in [9.17, 15) is 8.42 Å². The van der Waals surface area contributed by atoms with Gasteiger partial charge in [-0.15, -0.1) is 0 Å². The summed E-state index contributed by atoms with van der Waals surface area (Å²) in [5, 5.41) is 0. The second-order valence-corrected chi connectivity index (χ2v) is 7.23. The SMILES string of the molecule is CCc1ccc(S(=O)(=O)N2C[C@@H](C)O[C@@H](C)C2)cc1N. The van der Waals surface area contributed by atoms with Gasteiger partial charge in [0.2, 0.25) is 10.0 Å². The number of rotatable bonds is 3. The summed E-state index contributed by atoms with van der Waals surface area (Å²) in [6, 6.07) is 4.98. The lowest BCUT2D eigenvalue weighted by Gasteiger charge is -2.34. The molecule has 0 aromatic heterocycles. The fraction of sp³-hybridized carbons (Fsp3) is 0.571. The molecule has 112 valence electrons. The van der Waals surface area contributed by atoms with Crippen molar-refractivity contribution in [3.05, 3.63) is 23.8 Å².